The molecule has 0 atom stereocenters. The number of nitrogens with zero attached hydrogens (tertiary/aromatic N) is 1. The maximum Gasteiger partial charge on any atom is 0.335 e. The summed E-state index contributed by atoms with van der Waals surface area (Å²) in [5.74, 6) is -1.70. The summed E-state index contributed by atoms with van der Waals surface area (Å²) in [5.41, 5.74) is 1.56. The molecule has 0 bridgehead atoms. The van der Waals surface area contributed by atoms with Gasteiger partial charge in [0.2, 0.25) is 5.91 Å². The molecule has 0 fully saturated rings. The van der Waals surface area contributed by atoms with Gasteiger partial charge in [0.1, 0.15) is 5.75 Å². The number of phenolic OH excluding ortho intramolecular Hbond substituents is 1. The number of amides is 1. The minimum atomic E-state index is -1.13. The van der Waals surface area contributed by atoms with E-state index in [9.17, 15) is 14.7 Å². The number of carbonyl (C=O) groups excluding carboxylic acids is 1. The fourth-order valence-corrected chi connectivity index (χ4v) is 1.82. The lowest BCUT2D eigenvalue weighted by molar-refractivity contribution is -0.115. The first-order chi connectivity index (χ1) is 9.97. The molecule has 1 amide bonds. The Balaban J connectivity index is 2.15. The van der Waals surface area contributed by atoms with Crippen LogP contribution < -0.4 is 5.32 Å². The highest BCUT2D eigenvalue weighted by Crippen LogP contribution is 2.24. The smallest absolute Gasteiger partial charge is 0.335 e. The van der Waals surface area contributed by atoms with Crippen molar-refractivity contribution < 1.29 is 19.8 Å². The van der Waals surface area contributed by atoms with Gasteiger partial charge in [-0.05, 0) is 36.8 Å². The Morgan fingerprint density at radius 2 is 2.05 bits per heavy atom. The summed E-state index contributed by atoms with van der Waals surface area (Å²) < 4.78 is 0. The lowest BCUT2D eigenvalue weighted by atomic mass is 10.1. The van der Waals surface area contributed by atoms with E-state index in [2.05, 4.69) is 10.3 Å². The molecule has 6 nitrogen and oxygen atoms in total. The number of carboxylic acids is 1. The third-order valence-corrected chi connectivity index (χ3v) is 2.96. The van der Waals surface area contributed by atoms with Crippen molar-refractivity contribution >= 4 is 17.6 Å². The monoisotopic (exact) mass is 286 g/mol. The maximum absolute atomic E-state index is 12.0. The number of hydrogen-bond acceptors (Lipinski definition) is 4. The van der Waals surface area contributed by atoms with Crippen LogP contribution in [0.5, 0.6) is 5.75 Å². The molecule has 21 heavy (non-hydrogen) atoms. The Labute approximate surface area is 121 Å². The number of aromatic nitrogens is 1. The van der Waals surface area contributed by atoms with E-state index < -0.39 is 5.97 Å². The van der Waals surface area contributed by atoms with Crippen LogP contribution >= 0.6 is 0 Å². The third-order valence-electron chi connectivity index (χ3n) is 2.96. The van der Waals surface area contributed by atoms with Gasteiger partial charge in [-0.3, -0.25) is 9.78 Å². The molecule has 0 spiro atoms. The third kappa shape index (κ3) is 3.56. The van der Waals surface area contributed by atoms with Gasteiger partial charge in [0.25, 0.3) is 0 Å². The van der Waals surface area contributed by atoms with E-state index in [0.29, 0.717) is 5.69 Å². The van der Waals surface area contributed by atoms with Gasteiger partial charge >= 0.3 is 5.97 Å². The standard InChI is InChI=1S/C15H14N2O4/c1-9-3-2-6-16-11(9)8-14(19)17-12-7-10(15(20)21)4-5-13(12)18/h2-7,18H,8H2,1H3,(H,17,19)(H,20,21). The van der Waals surface area contributed by atoms with Gasteiger partial charge in [-0.2, -0.15) is 0 Å². The second-order valence-corrected chi connectivity index (χ2v) is 4.53. The second kappa shape index (κ2) is 6.04. The molecule has 0 aliphatic rings. The van der Waals surface area contributed by atoms with Crippen molar-refractivity contribution in [2.75, 3.05) is 5.32 Å². The van der Waals surface area contributed by atoms with Gasteiger partial charge in [0.05, 0.1) is 23.4 Å². The number of phenols is 1. The summed E-state index contributed by atoms with van der Waals surface area (Å²) in [6.07, 6.45) is 1.64. The highest BCUT2D eigenvalue weighted by molar-refractivity contribution is 5.96. The predicted octanol–water partition coefficient (Wildman–Crippen LogP) is 1.98. The molecule has 2 aromatic rings. The van der Waals surface area contributed by atoms with Gasteiger partial charge in [0.15, 0.2) is 0 Å². The zero-order valence-electron chi connectivity index (χ0n) is 11.3. The molecule has 0 aliphatic heterocycles. The lowest BCUT2D eigenvalue weighted by Crippen LogP contribution is -2.16. The Morgan fingerprint density at radius 3 is 2.71 bits per heavy atom. The van der Waals surface area contributed by atoms with Crippen LogP contribution in [0.25, 0.3) is 0 Å². The molecule has 3 N–H and O–H groups in total. The number of aryl methyl sites for hydroxylation is 1. The average molecular weight is 286 g/mol. The number of aromatic hydroxyl groups is 1. The first kappa shape index (κ1) is 14.5. The van der Waals surface area contributed by atoms with Gasteiger partial charge < -0.3 is 15.5 Å². The van der Waals surface area contributed by atoms with E-state index in [-0.39, 0.29) is 29.3 Å². The molecule has 0 unspecified atom stereocenters. The maximum atomic E-state index is 12.0. The largest absolute Gasteiger partial charge is 0.506 e. The van der Waals surface area contributed by atoms with E-state index in [1.165, 1.54) is 18.2 Å². The van der Waals surface area contributed by atoms with Gasteiger partial charge in [0, 0.05) is 6.20 Å². The highest BCUT2D eigenvalue weighted by Gasteiger charge is 2.12. The lowest BCUT2D eigenvalue weighted by Gasteiger charge is -2.09. The number of carboxylic acid groups (broad SMARTS) is 1. The number of pyridine rings is 1. The fraction of sp³-hybridized carbons (Fsp3) is 0.133. The van der Waals surface area contributed by atoms with E-state index in [1.54, 1.807) is 12.3 Å². The molecular weight excluding hydrogens is 272 g/mol. The highest BCUT2D eigenvalue weighted by atomic mass is 16.4. The fourth-order valence-electron chi connectivity index (χ4n) is 1.82. The quantitative estimate of drug-likeness (QED) is 0.746. The van der Waals surface area contributed by atoms with Crippen molar-refractivity contribution in [3.8, 4) is 5.75 Å². The Hall–Kier alpha value is -2.89. The first-order valence-corrected chi connectivity index (χ1v) is 6.24. The van der Waals surface area contributed by atoms with E-state index in [4.69, 9.17) is 5.11 Å². The van der Waals surface area contributed by atoms with Gasteiger partial charge in [-0.25, -0.2) is 4.79 Å². The van der Waals surface area contributed by atoms with Crippen LogP contribution in [0.1, 0.15) is 21.6 Å². The number of carbonyl (C=O) groups is 2. The normalized spacial score (nSPS) is 10.1. The SMILES string of the molecule is Cc1cccnc1CC(=O)Nc1cc(C(=O)O)ccc1O. The molecule has 0 radical (unpaired) electrons. The minimum Gasteiger partial charge on any atom is -0.506 e. The molecule has 108 valence electrons. The summed E-state index contributed by atoms with van der Waals surface area (Å²) in [4.78, 5) is 27.0. The number of benzene rings is 1. The summed E-state index contributed by atoms with van der Waals surface area (Å²) in [7, 11) is 0. The van der Waals surface area contributed by atoms with Crippen LogP contribution in [0, 0.1) is 6.92 Å². The molecule has 0 saturated carbocycles. The van der Waals surface area contributed by atoms with Crippen molar-refractivity contribution in [1.29, 1.82) is 0 Å². The van der Waals surface area contributed by atoms with E-state index in [1.807, 2.05) is 13.0 Å². The van der Waals surface area contributed by atoms with Gasteiger partial charge in [-0.15, -0.1) is 0 Å². The van der Waals surface area contributed by atoms with Crippen LogP contribution in [0.4, 0.5) is 5.69 Å². The number of anilines is 1. The molecule has 0 saturated heterocycles. The number of hydrogen-bond donors (Lipinski definition) is 3. The number of aromatic carboxylic acids is 1. The Kier molecular flexibility index (Phi) is 4.18. The molecule has 0 aliphatic carbocycles. The zero-order valence-corrected chi connectivity index (χ0v) is 11.3. The number of rotatable bonds is 4. The zero-order chi connectivity index (χ0) is 15.4. The average Bonchev–Trinajstić information content (AvgIpc) is 2.43. The molecule has 1 aromatic heterocycles. The molecular formula is C15H14N2O4. The molecule has 6 heteroatoms. The predicted molar refractivity (Wildman–Crippen MR) is 76.4 cm³/mol. The van der Waals surface area contributed by atoms with Crippen LogP contribution in [0.3, 0.4) is 0 Å². The van der Waals surface area contributed by atoms with Crippen molar-refractivity contribution in [3.63, 3.8) is 0 Å². The van der Waals surface area contributed by atoms with Crippen molar-refractivity contribution in [3.05, 3.63) is 53.3 Å². The molecule has 1 heterocycles. The summed E-state index contributed by atoms with van der Waals surface area (Å²) >= 11 is 0. The Morgan fingerprint density at radius 1 is 1.29 bits per heavy atom. The first-order valence-electron chi connectivity index (χ1n) is 6.24. The summed E-state index contributed by atoms with van der Waals surface area (Å²) in [6.45, 7) is 1.85. The van der Waals surface area contributed by atoms with Crippen LogP contribution in [0.2, 0.25) is 0 Å². The van der Waals surface area contributed by atoms with Crippen LogP contribution in [-0.2, 0) is 11.2 Å². The molecule has 2 rings (SSSR count). The summed E-state index contributed by atoms with van der Waals surface area (Å²) in [5, 5.41) is 21.1. The second-order valence-electron chi connectivity index (χ2n) is 4.53. The Bertz CT molecular complexity index is 698. The van der Waals surface area contributed by atoms with Crippen molar-refractivity contribution in [2.45, 2.75) is 13.3 Å². The number of nitrogens with one attached hydrogen (secondary N) is 1. The van der Waals surface area contributed by atoms with Crippen molar-refractivity contribution in [1.82, 2.24) is 4.98 Å². The minimum absolute atomic E-state index is 0.0166. The topological polar surface area (TPSA) is 99.5 Å². The summed E-state index contributed by atoms with van der Waals surface area (Å²) in [6, 6.07) is 7.32. The van der Waals surface area contributed by atoms with E-state index >= 15 is 0 Å². The van der Waals surface area contributed by atoms with Crippen LogP contribution in [-0.4, -0.2) is 27.1 Å². The van der Waals surface area contributed by atoms with Gasteiger partial charge in [-0.1, -0.05) is 6.07 Å². The van der Waals surface area contributed by atoms with E-state index in [0.717, 1.165) is 5.56 Å². The van der Waals surface area contributed by atoms with Crippen molar-refractivity contribution in [2.24, 2.45) is 0 Å². The molecule has 1 aromatic carbocycles. The van der Waals surface area contributed by atoms with Crippen LogP contribution in [0.15, 0.2) is 36.5 Å².